The number of H-pyrrole nitrogens is 1. The quantitative estimate of drug-likeness (QED) is 0.563. The van der Waals surface area contributed by atoms with Crippen molar-refractivity contribution >= 4 is 29.2 Å². The van der Waals surface area contributed by atoms with E-state index in [0.717, 1.165) is 53.9 Å². The summed E-state index contributed by atoms with van der Waals surface area (Å²) in [6, 6.07) is 5.94. The number of aromatic amines is 1. The van der Waals surface area contributed by atoms with E-state index in [-0.39, 0.29) is 18.3 Å². The number of carbonyl (C=O) groups is 1. The molecular weight excluding hydrogens is 342 g/mol. The van der Waals surface area contributed by atoms with E-state index < -0.39 is 0 Å². The summed E-state index contributed by atoms with van der Waals surface area (Å²) in [5.41, 5.74) is 2.12. The summed E-state index contributed by atoms with van der Waals surface area (Å²) >= 11 is 0. The summed E-state index contributed by atoms with van der Waals surface area (Å²) in [5, 5.41) is 7.05. The number of benzene rings is 1. The minimum absolute atomic E-state index is 0. The van der Waals surface area contributed by atoms with E-state index in [1.54, 1.807) is 14.2 Å². The molecule has 0 aliphatic carbocycles. The SMILES string of the molecule is CNCCCC(=O)NCCCc1cc2c(OC)cc(OC)cc2[nH]1.Cl. The van der Waals surface area contributed by atoms with Gasteiger partial charge in [0.05, 0.1) is 19.7 Å². The van der Waals surface area contributed by atoms with Crippen molar-refractivity contribution in [3.05, 3.63) is 23.9 Å². The Morgan fingerprint density at radius 2 is 1.92 bits per heavy atom. The van der Waals surface area contributed by atoms with Crippen molar-refractivity contribution in [3.63, 3.8) is 0 Å². The number of fused-ring (bicyclic) bond motifs is 1. The van der Waals surface area contributed by atoms with Crippen molar-refractivity contribution in [3.8, 4) is 11.5 Å². The first kappa shape index (κ1) is 21.1. The molecule has 2 aromatic rings. The van der Waals surface area contributed by atoms with E-state index in [1.807, 2.05) is 19.2 Å². The third kappa shape index (κ3) is 6.14. The van der Waals surface area contributed by atoms with Crippen LogP contribution in [0.1, 0.15) is 25.0 Å². The van der Waals surface area contributed by atoms with Crippen molar-refractivity contribution in [1.82, 2.24) is 15.6 Å². The fourth-order valence-corrected chi connectivity index (χ4v) is 2.68. The Bertz CT molecular complexity index is 673. The van der Waals surface area contributed by atoms with Gasteiger partial charge in [-0.25, -0.2) is 0 Å². The number of carbonyl (C=O) groups excluding carboxylic acids is 1. The zero-order chi connectivity index (χ0) is 17.4. The lowest BCUT2D eigenvalue weighted by molar-refractivity contribution is -0.121. The van der Waals surface area contributed by atoms with Crippen LogP contribution in [0, 0.1) is 0 Å². The molecule has 0 saturated heterocycles. The van der Waals surface area contributed by atoms with Crippen LogP contribution in [0.3, 0.4) is 0 Å². The smallest absolute Gasteiger partial charge is 0.220 e. The van der Waals surface area contributed by atoms with E-state index in [9.17, 15) is 4.79 Å². The molecule has 2 rings (SSSR count). The summed E-state index contributed by atoms with van der Waals surface area (Å²) in [7, 11) is 5.19. The monoisotopic (exact) mass is 369 g/mol. The molecule has 3 N–H and O–H groups in total. The number of hydrogen-bond acceptors (Lipinski definition) is 4. The minimum atomic E-state index is 0. The number of rotatable bonds is 10. The Kier molecular flexibility index (Phi) is 9.16. The highest BCUT2D eigenvalue weighted by atomic mass is 35.5. The molecule has 0 spiro atoms. The molecule has 0 atom stereocenters. The van der Waals surface area contributed by atoms with Gasteiger partial charge in [0, 0.05) is 36.2 Å². The predicted molar refractivity (Wildman–Crippen MR) is 103 cm³/mol. The van der Waals surface area contributed by atoms with Crippen LogP contribution in [0.15, 0.2) is 18.2 Å². The fourth-order valence-electron chi connectivity index (χ4n) is 2.68. The highest BCUT2D eigenvalue weighted by molar-refractivity contribution is 5.88. The predicted octanol–water partition coefficient (Wildman–Crippen LogP) is 2.66. The lowest BCUT2D eigenvalue weighted by Gasteiger charge is -2.04. The van der Waals surface area contributed by atoms with Gasteiger partial charge in [-0.3, -0.25) is 4.79 Å². The average Bonchev–Trinajstić information content (AvgIpc) is 3.00. The number of aryl methyl sites for hydroxylation is 1. The van der Waals surface area contributed by atoms with Gasteiger partial charge in [0.1, 0.15) is 11.5 Å². The molecule has 0 aliphatic heterocycles. The van der Waals surface area contributed by atoms with Gasteiger partial charge in [-0.1, -0.05) is 0 Å². The molecule has 0 radical (unpaired) electrons. The normalized spacial score (nSPS) is 10.4. The van der Waals surface area contributed by atoms with Gasteiger partial charge in [0.25, 0.3) is 0 Å². The lowest BCUT2D eigenvalue weighted by Crippen LogP contribution is -2.25. The molecule has 1 aromatic heterocycles. The zero-order valence-electron chi connectivity index (χ0n) is 15.1. The Morgan fingerprint density at radius 1 is 1.12 bits per heavy atom. The van der Waals surface area contributed by atoms with Crippen molar-refractivity contribution in [2.45, 2.75) is 25.7 Å². The number of hydrogen-bond donors (Lipinski definition) is 3. The van der Waals surface area contributed by atoms with Gasteiger partial charge in [-0.15, -0.1) is 12.4 Å². The third-order valence-corrected chi connectivity index (χ3v) is 3.96. The minimum Gasteiger partial charge on any atom is -0.497 e. The van der Waals surface area contributed by atoms with Crippen LogP contribution in [-0.4, -0.2) is 45.2 Å². The Labute approximate surface area is 155 Å². The molecule has 0 saturated carbocycles. The van der Waals surface area contributed by atoms with Crippen LogP contribution in [0.2, 0.25) is 0 Å². The van der Waals surface area contributed by atoms with E-state index in [0.29, 0.717) is 13.0 Å². The highest BCUT2D eigenvalue weighted by Gasteiger charge is 2.09. The molecule has 1 heterocycles. The van der Waals surface area contributed by atoms with Crippen molar-refractivity contribution < 1.29 is 14.3 Å². The summed E-state index contributed by atoms with van der Waals surface area (Å²) in [5.74, 6) is 1.68. The molecule has 0 bridgehead atoms. The van der Waals surface area contributed by atoms with Crippen LogP contribution >= 0.6 is 12.4 Å². The van der Waals surface area contributed by atoms with E-state index in [2.05, 4.69) is 21.7 Å². The van der Waals surface area contributed by atoms with Gasteiger partial charge in [-0.05, 0) is 38.9 Å². The van der Waals surface area contributed by atoms with Gasteiger partial charge >= 0.3 is 0 Å². The van der Waals surface area contributed by atoms with E-state index >= 15 is 0 Å². The first-order chi connectivity index (χ1) is 11.7. The largest absolute Gasteiger partial charge is 0.497 e. The molecule has 0 unspecified atom stereocenters. The Morgan fingerprint density at radius 3 is 2.60 bits per heavy atom. The highest BCUT2D eigenvalue weighted by Crippen LogP contribution is 2.31. The first-order valence-corrected chi connectivity index (χ1v) is 8.33. The van der Waals surface area contributed by atoms with E-state index in [4.69, 9.17) is 9.47 Å². The number of methoxy groups -OCH3 is 2. The topological polar surface area (TPSA) is 75.4 Å². The fraction of sp³-hybridized carbons (Fsp3) is 0.500. The molecule has 1 amide bonds. The van der Waals surface area contributed by atoms with Crippen molar-refractivity contribution in [2.75, 3.05) is 34.4 Å². The second-order valence-corrected chi connectivity index (χ2v) is 5.75. The molecule has 0 fully saturated rings. The van der Waals surface area contributed by atoms with Crippen LogP contribution in [-0.2, 0) is 11.2 Å². The number of ether oxygens (including phenoxy) is 2. The number of aromatic nitrogens is 1. The van der Waals surface area contributed by atoms with Crippen LogP contribution in [0.25, 0.3) is 10.9 Å². The van der Waals surface area contributed by atoms with Crippen molar-refractivity contribution in [1.29, 1.82) is 0 Å². The van der Waals surface area contributed by atoms with Crippen molar-refractivity contribution in [2.24, 2.45) is 0 Å². The maximum absolute atomic E-state index is 11.6. The van der Waals surface area contributed by atoms with Gasteiger partial charge in [0.15, 0.2) is 0 Å². The summed E-state index contributed by atoms with van der Waals surface area (Å²) in [6.07, 6.45) is 3.21. The first-order valence-electron chi connectivity index (χ1n) is 8.33. The number of nitrogens with one attached hydrogen (secondary N) is 3. The average molecular weight is 370 g/mol. The number of amides is 1. The maximum Gasteiger partial charge on any atom is 0.220 e. The van der Waals surface area contributed by atoms with Gasteiger partial charge < -0.3 is 25.1 Å². The van der Waals surface area contributed by atoms with Gasteiger partial charge in [-0.2, -0.15) is 0 Å². The third-order valence-electron chi connectivity index (χ3n) is 3.96. The molecule has 1 aromatic carbocycles. The second kappa shape index (κ2) is 10.8. The van der Waals surface area contributed by atoms with E-state index in [1.165, 1.54) is 0 Å². The lowest BCUT2D eigenvalue weighted by atomic mass is 10.2. The number of halogens is 1. The summed E-state index contributed by atoms with van der Waals surface area (Å²) < 4.78 is 10.7. The molecule has 0 aliphatic rings. The Hall–Kier alpha value is -1.92. The van der Waals surface area contributed by atoms with Crippen LogP contribution in [0.5, 0.6) is 11.5 Å². The molecule has 25 heavy (non-hydrogen) atoms. The van der Waals surface area contributed by atoms with Crippen LogP contribution < -0.4 is 20.1 Å². The zero-order valence-corrected chi connectivity index (χ0v) is 15.9. The molecule has 140 valence electrons. The maximum atomic E-state index is 11.6. The standard InChI is InChI=1S/C18H27N3O3.ClH/c1-19-8-5-7-18(22)20-9-4-6-13-10-15-16(21-13)11-14(23-2)12-17(15)24-3;/h10-12,19,21H,4-9H2,1-3H3,(H,20,22);1H. The summed E-state index contributed by atoms with van der Waals surface area (Å²) in [4.78, 5) is 15.0. The second-order valence-electron chi connectivity index (χ2n) is 5.75. The Balaban J connectivity index is 0.00000312. The molecule has 7 heteroatoms. The van der Waals surface area contributed by atoms with Crippen LogP contribution in [0.4, 0.5) is 0 Å². The molecular formula is C18H28ClN3O3. The summed E-state index contributed by atoms with van der Waals surface area (Å²) in [6.45, 7) is 1.56. The van der Waals surface area contributed by atoms with Gasteiger partial charge in [0.2, 0.25) is 5.91 Å². The molecule has 6 nitrogen and oxygen atoms in total.